The average Bonchev–Trinajstić information content (AvgIpc) is 2.85. The number of rotatable bonds is 2. The Morgan fingerprint density at radius 3 is 2.86 bits per heavy atom. The first-order valence-corrected chi connectivity index (χ1v) is 6.33. The normalized spacial score (nSPS) is 20.2. The van der Waals surface area contributed by atoms with Crippen molar-refractivity contribution in [1.29, 1.82) is 0 Å². The molecule has 21 heavy (non-hydrogen) atoms. The van der Waals surface area contributed by atoms with E-state index in [-0.39, 0.29) is 5.82 Å². The number of aryl methyl sites for hydroxylation is 1. The fourth-order valence-corrected chi connectivity index (χ4v) is 1.98. The molecule has 2 N–H and O–H groups in total. The van der Waals surface area contributed by atoms with Crippen molar-refractivity contribution >= 4 is 23.3 Å². The van der Waals surface area contributed by atoms with Gasteiger partial charge in [-0.2, -0.15) is 0 Å². The number of amides is 2. The number of hydrogen-bond acceptors (Lipinski definition) is 5. The second-order valence-corrected chi connectivity index (χ2v) is 4.86. The molecule has 0 saturated heterocycles. The van der Waals surface area contributed by atoms with Gasteiger partial charge < -0.3 is 19.9 Å². The number of carbonyl (C=O) groups is 2. The second-order valence-electron chi connectivity index (χ2n) is 4.86. The van der Waals surface area contributed by atoms with Crippen LogP contribution in [0.1, 0.15) is 12.7 Å². The maximum absolute atomic E-state index is 12.3. The second kappa shape index (κ2) is 4.62. The molecule has 1 unspecified atom stereocenters. The summed E-state index contributed by atoms with van der Waals surface area (Å²) in [5, 5.41) is 8.82. The van der Waals surface area contributed by atoms with Crippen LogP contribution in [0.2, 0.25) is 0 Å². The van der Waals surface area contributed by atoms with Crippen LogP contribution in [0, 0.1) is 6.92 Å². The van der Waals surface area contributed by atoms with Crippen LogP contribution in [0.4, 0.5) is 11.5 Å². The molecular formula is C14H13N3O4. The maximum atomic E-state index is 12.3. The third-order valence-corrected chi connectivity index (χ3v) is 3.19. The summed E-state index contributed by atoms with van der Waals surface area (Å²) < 4.78 is 10.5. The highest BCUT2D eigenvalue weighted by Gasteiger charge is 2.47. The minimum absolute atomic E-state index is 0.231. The zero-order valence-electron chi connectivity index (χ0n) is 11.5. The predicted molar refractivity (Wildman–Crippen MR) is 74.0 cm³/mol. The smallest absolute Gasteiger partial charge is 0.279 e. The van der Waals surface area contributed by atoms with Crippen molar-refractivity contribution in [3.8, 4) is 5.75 Å². The minimum Gasteiger partial charge on any atom is -0.466 e. The van der Waals surface area contributed by atoms with E-state index in [1.165, 1.54) is 6.92 Å². The van der Waals surface area contributed by atoms with Crippen molar-refractivity contribution < 1.29 is 18.8 Å². The van der Waals surface area contributed by atoms with E-state index in [0.717, 1.165) is 0 Å². The molecule has 1 atom stereocenters. The molecule has 2 heterocycles. The summed E-state index contributed by atoms with van der Waals surface area (Å²) in [5.41, 5.74) is -1.15. The van der Waals surface area contributed by atoms with Gasteiger partial charge in [-0.25, -0.2) is 0 Å². The fraction of sp³-hybridized carbons (Fsp3) is 0.214. The molecule has 1 aromatic carbocycles. The first-order valence-electron chi connectivity index (χ1n) is 6.33. The van der Waals surface area contributed by atoms with E-state index >= 15 is 0 Å². The SMILES string of the molecule is Cc1cc(NC(=O)C2(C)Oc3ccccc3NC2=O)no1. The topological polar surface area (TPSA) is 93.5 Å². The lowest BCUT2D eigenvalue weighted by Gasteiger charge is -2.32. The largest absolute Gasteiger partial charge is 0.466 e. The number of fused-ring (bicyclic) bond motifs is 1. The maximum Gasteiger partial charge on any atom is 0.279 e. The Morgan fingerprint density at radius 2 is 2.14 bits per heavy atom. The Bertz CT molecular complexity index is 725. The molecule has 7 heteroatoms. The van der Waals surface area contributed by atoms with E-state index in [1.807, 2.05) is 0 Å². The van der Waals surface area contributed by atoms with Gasteiger partial charge >= 0.3 is 0 Å². The predicted octanol–water partition coefficient (Wildman–Crippen LogP) is 1.71. The van der Waals surface area contributed by atoms with Crippen LogP contribution >= 0.6 is 0 Å². The molecule has 1 aromatic heterocycles. The zero-order chi connectivity index (χ0) is 15.0. The van der Waals surface area contributed by atoms with E-state index in [1.54, 1.807) is 37.3 Å². The van der Waals surface area contributed by atoms with Crippen molar-refractivity contribution in [3.05, 3.63) is 36.1 Å². The van der Waals surface area contributed by atoms with Crippen LogP contribution in [0.25, 0.3) is 0 Å². The molecule has 2 aromatic rings. The lowest BCUT2D eigenvalue weighted by Crippen LogP contribution is -2.56. The zero-order valence-corrected chi connectivity index (χ0v) is 11.5. The van der Waals surface area contributed by atoms with Crippen molar-refractivity contribution in [2.24, 2.45) is 0 Å². The first-order chi connectivity index (χ1) is 9.99. The van der Waals surface area contributed by atoms with Gasteiger partial charge in [0.05, 0.1) is 5.69 Å². The molecule has 3 rings (SSSR count). The van der Waals surface area contributed by atoms with Gasteiger partial charge in [-0.05, 0) is 26.0 Å². The number of nitrogens with zero attached hydrogens (tertiary/aromatic N) is 1. The number of hydrogen-bond donors (Lipinski definition) is 2. The summed E-state index contributed by atoms with van der Waals surface area (Å²) >= 11 is 0. The molecule has 0 aliphatic carbocycles. The molecule has 0 saturated carbocycles. The Hall–Kier alpha value is -2.83. The van der Waals surface area contributed by atoms with Gasteiger partial charge in [0.25, 0.3) is 17.4 Å². The van der Waals surface area contributed by atoms with E-state index in [9.17, 15) is 9.59 Å². The molecular weight excluding hydrogens is 274 g/mol. The molecule has 0 fully saturated rings. The summed E-state index contributed by atoms with van der Waals surface area (Å²) in [6.07, 6.45) is 0. The molecule has 7 nitrogen and oxygen atoms in total. The van der Waals surface area contributed by atoms with Crippen LogP contribution in [-0.4, -0.2) is 22.6 Å². The number of aromatic nitrogens is 1. The third kappa shape index (κ3) is 2.22. The van der Waals surface area contributed by atoms with Gasteiger partial charge in [-0.15, -0.1) is 0 Å². The van der Waals surface area contributed by atoms with Crippen molar-refractivity contribution in [3.63, 3.8) is 0 Å². The monoisotopic (exact) mass is 287 g/mol. The van der Waals surface area contributed by atoms with Crippen molar-refractivity contribution in [1.82, 2.24) is 5.16 Å². The number of nitrogens with one attached hydrogen (secondary N) is 2. The van der Waals surface area contributed by atoms with Crippen LogP contribution in [0.3, 0.4) is 0 Å². The molecule has 1 aliphatic heterocycles. The number of carbonyl (C=O) groups excluding carboxylic acids is 2. The van der Waals surface area contributed by atoms with Gasteiger partial charge in [0.1, 0.15) is 11.5 Å². The highest BCUT2D eigenvalue weighted by atomic mass is 16.5. The Labute approximate surface area is 120 Å². The van der Waals surface area contributed by atoms with Crippen LogP contribution in [-0.2, 0) is 9.59 Å². The van der Waals surface area contributed by atoms with Gasteiger partial charge in [-0.3, -0.25) is 9.59 Å². The molecule has 0 radical (unpaired) electrons. The van der Waals surface area contributed by atoms with Gasteiger partial charge in [-0.1, -0.05) is 17.3 Å². The van der Waals surface area contributed by atoms with Gasteiger partial charge in [0, 0.05) is 6.07 Å². The van der Waals surface area contributed by atoms with Crippen LogP contribution < -0.4 is 15.4 Å². The third-order valence-electron chi connectivity index (χ3n) is 3.19. The fourth-order valence-electron chi connectivity index (χ4n) is 1.98. The summed E-state index contributed by atoms with van der Waals surface area (Å²) in [6, 6.07) is 8.46. The summed E-state index contributed by atoms with van der Waals surface area (Å²) in [5.74, 6) is 0.0524. The Morgan fingerprint density at radius 1 is 1.38 bits per heavy atom. The van der Waals surface area contributed by atoms with Crippen LogP contribution in [0.15, 0.2) is 34.9 Å². The van der Waals surface area contributed by atoms with E-state index < -0.39 is 17.4 Å². The number of ether oxygens (including phenoxy) is 1. The lowest BCUT2D eigenvalue weighted by molar-refractivity contribution is -0.143. The number of benzene rings is 1. The standard InChI is InChI=1S/C14H13N3O4/c1-8-7-11(17-21-8)16-13(19)14(2)12(18)15-9-5-3-4-6-10(9)20-14/h3-7H,1-2H3,(H,15,18)(H,16,17,19). The molecule has 2 amide bonds. The first kappa shape index (κ1) is 13.2. The summed E-state index contributed by atoms with van der Waals surface area (Å²) in [6.45, 7) is 3.10. The van der Waals surface area contributed by atoms with Crippen molar-refractivity contribution in [2.75, 3.05) is 10.6 Å². The quantitative estimate of drug-likeness (QED) is 0.820. The number of para-hydroxylation sites is 2. The Kier molecular flexibility index (Phi) is 2.90. The highest BCUT2D eigenvalue weighted by molar-refractivity contribution is 6.18. The van der Waals surface area contributed by atoms with E-state index in [4.69, 9.17) is 9.26 Å². The highest BCUT2D eigenvalue weighted by Crippen LogP contribution is 2.33. The van der Waals surface area contributed by atoms with Gasteiger partial charge in [0.2, 0.25) is 0 Å². The summed E-state index contributed by atoms with van der Waals surface area (Å²) in [4.78, 5) is 24.5. The van der Waals surface area contributed by atoms with Crippen molar-refractivity contribution in [2.45, 2.75) is 19.4 Å². The van der Waals surface area contributed by atoms with E-state index in [2.05, 4.69) is 15.8 Å². The molecule has 1 aliphatic rings. The summed E-state index contributed by atoms with van der Waals surface area (Å²) in [7, 11) is 0. The van der Waals surface area contributed by atoms with Gasteiger partial charge in [0.15, 0.2) is 5.82 Å². The molecule has 108 valence electrons. The average molecular weight is 287 g/mol. The van der Waals surface area contributed by atoms with E-state index in [0.29, 0.717) is 17.2 Å². The number of anilines is 2. The lowest BCUT2D eigenvalue weighted by atomic mass is 10.0. The van der Waals surface area contributed by atoms with Crippen LogP contribution in [0.5, 0.6) is 5.75 Å². The Balaban J connectivity index is 1.86. The molecule has 0 bridgehead atoms. The molecule has 0 spiro atoms. The minimum atomic E-state index is -1.68.